The maximum absolute atomic E-state index is 13.1. The third kappa shape index (κ3) is 2.76. The summed E-state index contributed by atoms with van der Waals surface area (Å²) in [6.07, 6.45) is 0.672. The minimum Gasteiger partial charge on any atom is -0.358 e. The molecule has 0 radical (unpaired) electrons. The highest BCUT2D eigenvalue weighted by Gasteiger charge is 2.31. The topological polar surface area (TPSA) is 53.2 Å². The molecule has 1 N–H and O–H groups in total. The number of aromatic amines is 1. The Hall–Kier alpha value is -1.82. The molecule has 0 atom stereocenters. The van der Waals surface area contributed by atoms with Crippen LogP contribution in [0, 0.1) is 13.8 Å². The highest BCUT2D eigenvalue weighted by molar-refractivity contribution is 7.89. The van der Waals surface area contributed by atoms with Crippen LogP contribution in [0.2, 0.25) is 5.02 Å². The monoisotopic (exact) mass is 374 g/mol. The Morgan fingerprint density at radius 2 is 1.92 bits per heavy atom. The molecule has 0 spiro atoms. The minimum atomic E-state index is -3.51. The lowest BCUT2D eigenvalue weighted by Gasteiger charge is -2.27. The highest BCUT2D eigenvalue weighted by atomic mass is 35.5. The molecular formula is C19H19ClN2O2S. The molecule has 0 saturated heterocycles. The molecule has 0 amide bonds. The number of aromatic nitrogens is 1. The molecule has 4 rings (SSSR count). The van der Waals surface area contributed by atoms with Crippen molar-refractivity contribution in [2.75, 3.05) is 6.54 Å². The van der Waals surface area contributed by atoms with E-state index in [1.165, 1.54) is 0 Å². The van der Waals surface area contributed by atoms with E-state index in [4.69, 9.17) is 11.6 Å². The van der Waals surface area contributed by atoms with Crippen molar-refractivity contribution in [3.63, 3.8) is 0 Å². The summed E-state index contributed by atoms with van der Waals surface area (Å²) in [6.45, 7) is 4.67. The van der Waals surface area contributed by atoms with Gasteiger partial charge in [0.05, 0.1) is 4.90 Å². The average Bonchev–Trinajstić information content (AvgIpc) is 2.90. The Bertz CT molecular complexity index is 1090. The van der Waals surface area contributed by atoms with Gasteiger partial charge in [-0.2, -0.15) is 4.31 Å². The molecule has 130 valence electrons. The number of sulfonamides is 1. The molecule has 0 saturated carbocycles. The van der Waals surface area contributed by atoms with Crippen LogP contribution in [0.4, 0.5) is 0 Å². The van der Waals surface area contributed by atoms with Crippen LogP contribution in [0.15, 0.2) is 41.3 Å². The van der Waals surface area contributed by atoms with Gasteiger partial charge >= 0.3 is 0 Å². The molecule has 1 aromatic heterocycles. The molecule has 6 heteroatoms. The summed E-state index contributed by atoms with van der Waals surface area (Å²) < 4.78 is 27.8. The lowest BCUT2D eigenvalue weighted by atomic mass is 10.1. The van der Waals surface area contributed by atoms with E-state index in [2.05, 4.69) is 4.98 Å². The van der Waals surface area contributed by atoms with Gasteiger partial charge in [0, 0.05) is 41.1 Å². The maximum Gasteiger partial charge on any atom is 0.243 e. The van der Waals surface area contributed by atoms with Gasteiger partial charge in [-0.05, 0) is 43.2 Å². The van der Waals surface area contributed by atoms with Gasteiger partial charge in [-0.25, -0.2) is 8.42 Å². The summed E-state index contributed by atoms with van der Waals surface area (Å²) >= 11 is 6.07. The van der Waals surface area contributed by atoms with Gasteiger partial charge in [0.15, 0.2) is 0 Å². The van der Waals surface area contributed by atoms with Gasteiger partial charge in [-0.15, -0.1) is 0 Å². The SMILES string of the molecule is Cc1ccc(S(=O)(=O)N2CCc3[nH]c4cc(Cl)ccc4c3C2)c(C)c1. The summed E-state index contributed by atoms with van der Waals surface area (Å²) in [5.41, 5.74) is 4.96. The fraction of sp³-hybridized carbons (Fsp3) is 0.263. The molecule has 0 bridgehead atoms. The Balaban J connectivity index is 1.75. The largest absolute Gasteiger partial charge is 0.358 e. The standard InChI is InChI=1S/C19H19ClN2O2S/c1-12-3-6-19(13(2)9-12)25(23,24)22-8-7-17-16(11-22)15-5-4-14(20)10-18(15)21-17/h3-6,9-10,21H,7-8,11H2,1-2H3. The molecular weight excluding hydrogens is 356 g/mol. The third-order valence-electron chi connectivity index (χ3n) is 4.85. The van der Waals surface area contributed by atoms with Crippen LogP contribution in [0.5, 0.6) is 0 Å². The Labute approximate surface area is 152 Å². The molecule has 1 aliphatic heterocycles. The van der Waals surface area contributed by atoms with Crippen LogP contribution in [-0.2, 0) is 23.0 Å². The van der Waals surface area contributed by atoms with E-state index in [-0.39, 0.29) is 0 Å². The van der Waals surface area contributed by atoms with Crippen molar-refractivity contribution >= 4 is 32.5 Å². The van der Waals surface area contributed by atoms with Crippen molar-refractivity contribution in [3.05, 3.63) is 63.8 Å². The second-order valence-corrected chi connectivity index (χ2v) is 8.97. The molecule has 25 heavy (non-hydrogen) atoms. The van der Waals surface area contributed by atoms with Crippen molar-refractivity contribution in [1.82, 2.24) is 9.29 Å². The lowest BCUT2D eigenvalue weighted by molar-refractivity contribution is 0.391. The van der Waals surface area contributed by atoms with Gasteiger partial charge in [-0.3, -0.25) is 0 Å². The van der Waals surface area contributed by atoms with Crippen LogP contribution in [-0.4, -0.2) is 24.3 Å². The van der Waals surface area contributed by atoms with Crippen LogP contribution < -0.4 is 0 Å². The van der Waals surface area contributed by atoms with Crippen molar-refractivity contribution in [3.8, 4) is 0 Å². The molecule has 0 aliphatic carbocycles. The first-order valence-corrected chi connectivity index (χ1v) is 10.0. The van der Waals surface area contributed by atoms with Crippen LogP contribution in [0.1, 0.15) is 22.4 Å². The van der Waals surface area contributed by atoms with Gasteiger partial charge in [0.2, 0.25) is 10.0 Å². The van der Waals surface area contributed by atoms with Crippen molar-refractivity contribution < 1.29 is 8.42 Å². The van der Waals surface area contributed by atoms with Crippen molar-refractivity contribution in [2.45, 2.75) is 31.7 Å². The van der Waals surface area contributed by atoms with E-state index in [9.17, 15) is 8.42 Å². The van der Waals surface area contributed by atoms with E-state index >= 15 is 0 Å². The Morgan fingerprint density at radius 3 is 2.68 bits per heavy atom. The molecule has 3 aromatic rings. The summed E-state index contributed by atoms with van der Waals surface area (Å²) in [7, 11) is -3.51. The van der Waals surface area contributed by atoms with Gasteiger partial charge in [0.25, 0.3) is 0 Å². The minimum absolute atomic E-state index is 0.382. The highest BCUT2D eigenvalue weighted by Crippen LogP contribution is 2.32. The third-order valence-corrected chi connectivity index (χ3v) is 7.09. The molecule has 0 unspecified atom stereocenters. The van der Waals surface area contributed by atoms with E-state index in [0.717, 1.165) is 33.3 Å². The number of nitrogens with zero attached hydrogens (tertiary/aromatic N) is 1. The zero-order valence-corrected chi connectivity index (χ0v) is 15.7. The molecule has 2 heterocycles. The predicted octanol–water partition coefficient (Wildman–Crippen LogP) is 4.19. The van der Waals surface area contributed by atoms with E-state index in [1.54, 1.807) is 10.4 Å². The van der Waals surface area contributed by atoms with Crippen molar-refractivity contribution in [1.29, 1.82) is 0 Å². The predicted molar refractivity (Wildman–Crippen MR) is 101 cm³/mol. The smallest absolute Gasteiger partial charge is 0.243 e. The summed E-state index contributed by atoms with van der Waals surface area (Å²) in [5.74, 6) is 0. The van der Waals surface area contributed by atoms with Crippen LogP contribution in [0.3, 0.4) is 0 Å². The molecule has 4 nitrogen and oxygen atoms in total. The number of H-pyrrole nitrogens is 1. The number of nitrogens with one attached hydrogen (secondary N) is 1. The second-order valence-electron chi connectivity index (χ2n) is 6.63. The van der Waals surface area contributed by atoms with E-state index in [1.807, 2.05) is 44.2 Å². The molecule has 0 fully saturated rings. The Morgan fingerprint density at radius 1 is 1.12 bits per heavy atom. The molecule has 1 aliphatic rings. The number of fused-ring (bicyclic) bond motifs is 3. The number of aryl methyl sites for hydroxylation is 2. The number of hydrogen-bond acceptors (Lipinski definition) is 2. The zero-order chi connectivity index (χ0) is 17.8. The first-order valence-electron chi connectivity index (χ1n) is 8.22. The van der Waals surface area contributed by atoms with Crippen molar-refractivity contribution in [2.24, 2.45) is 0 Å². The van der Waals surface area contributed by atoms with Gasteiger partial charge in [0.1, 0.15) is 0 Å². The first kappa shape index (κ1) is 16.6. The summed E-state index contributed by atoms with van der Waals surface area (Å²) in [6, 6.07) is 11.2. The maximum atomic E-state index is 13.1. The number of halogens is 1. The quantitative estimate of drug-likeness (QED) is 0.731. The van der Waals surface area contributed by atoms with E-state index in [0.29, 0.717) is 29.4 Å². The van der Waals surface area contributed by atoms with Gasteiger partial charge in [-0.1, -0.05) is 35.4 Å². The van der Waals surface area contributed by atoms with Crippen LogP contribution in [0.25, 0.3) is 10.9 Å². The summed E-state index contributed by atoms with van der Waals surface area (Å²) in [4.78, 5) is 3.77. The lowest BCUT2D eigenvalue weighted by Crippen LogP contribution is -2.36. The Kier molecular flexibility index (Phi) is 3.90. The fourth-order valence-electron chi connectivity index (χ4n) is 3.60. The number of benzene rings is 2. The average molecular weight is 375 g/mol. The van der Waals surface area contributed by atoms with E-state index < -0.39 is 10.0 Å². The zero-order valence-electron chi connectivity index (χ0n) is 14.1. The summed E-state index contributed by atoms with van der Waals surface area (Å²) in [5, 5.41) is 1.71. The molecule has 2 aromatic carbocycles. The normalized spacial score (nSPS) is 15.5. The number of rotatable bonds is 2. The first-order chi connectivity index (χ1) is 11.9. The number of hydrogen-bond donors (Lipinski definition) is 1. The van der Waals surface area contributed by atoms with Crippen LogP contribution >= 0.6 is 11.6 Å². The fourth-order valence-corrected chi connectivity index (χ4v) is 5.39. The van der Waals surface area contributed by atoms with Gasteiger partial charge < -0.3 is 4.98 Å². The second kappa shape index (κ2) is 5.87.